The molecule has 0 unspecified atom stereocenters. The first-order chi connectivity index (χ1) is 10.0. The van der Waals surface area contributed by atoms with Crippen molar-refractivity contribution in [2.45, 2.75) is 52.4 Å². The van der Waals surface area contributed by atoms with Crippen LogP contribution in [-0.2, 0) is 9.53 Å². The van der Waals surface area contributed by atoms with Crippen molar-refractivity contribution < 1.29 is 9.53 Å². The number of amides is 1. The van der Waals surface area contributed by atoms with Crippen LogP contribution in [0.2, 0.25) is 0 Å². The summed E-state index contributed by atoms with van der Waals surface area (Å²) in [5.41, 5.74) is 3.47. The molecule has 0 radical (unpaired) electrons. The number of carbonyl (C=O) groups excluding carboxylic acids is 1. The minimum Gasteiger partial charge on any atom is -0.381 e. The molecule has 1 fully saturated rings. The Balaban J connectivity index is 2.26. The molecular weight excluding hydrogens is 262 g/mol. The van der Waals surface area contributed by atoms with Gasteiger partial charge in [0.2, 0.25) is 5.91 Å². The number of para-hydroxylation sites is 1. The van der Waals surface area contributed by atoms with E-state index < -0.39 is 0 Å². The second-order valence-corrected chi connectivity index (χ2v) is 6.50. The van der Waals surface area contributed by atoms with E-state index in [9.17, 15) is 4.79 Å². The van der Waals surface area contributed by atoms with Crippen LogP contribution in [0.5, 0.6) is 0 Å². The summed E-state index contributed by atoms with van der Waals surface area (Å²) in [6.45, 7) is 10.1. The van der Waals surface area contributed by atoms with E-state index in [0.29, 0.717) is 25.0 Å². The van der Waals surface area contributed by atoms with Gasteiger partial charge in [0.15, 0.2) is 0 Å². The fourth-order valence-electron chi connectivity index (χ4n) is 2.88. The molecule has 0 aliphatic carbocycles. The van der Waals surface area contributed by atoms with Crippen LogP contribution in [0.3, 0.4) is 0 Å². The maximum Gasteiger partial charge on any atom is 0.227 e. The van der Waals surface area contributed by atoms with Crippen LogP contribution in [0.1, 0.15) is 63.5 Å². The molecule has 3 nitrogen and oxygen atoms in total. The highest BCUT2D eigenvalue weighted by molar-refractivity contribution is 5.94. The molecule has 1 N–H and O–H groups in total. The first-order valence-corrected chi connectivity index (χ1v) is 8.02. The SMILES string of the molecule is CC(C)c1cccc(C(C)C)c1NC(=O)C1CCOCC1. The quantitative estimate of drug-likeness (QED) is 0.897. The summed E-state index contributed by atoms with van der Waals surface area (Å²) >= 11 is 0. The first-order valence-electron chi connectivity index (χ1n) is 8.02. The van der Waals surface area contributed by atoms with Crippen molar-refractivity contribution in [3.63, 3.8) is 0 Å². The number of benzene rings is 1. The Labute approximate surface area is 128 Å². The third kappa shape index (κ3) is 3.85. The normalized spacial score (nSPS) is 16.5. The lowest BCUT2D eigenvalue weighted by atomic mass is 9.91. The van der Waals surface area contributed by atoms with Crippen molar-refractivity contribution >= 4 is 11.6 Å². The number of ether oxygens (including phenoxy) is 1. The van der Waals surface area contributed by atoms with Gasteiger partial charge in [0, 0.05) is 24.8 Å². The van der Waals surface area contributed by atoms with Crippen molar-refractivity contribution in [1.29, 1.82) is 0 Å². The van der Waals surface area contributed by atoms with Crippen LogP contribution in [-0.4, -0.2) is 19.1 Å². The smallest absolute Gasteiger partial charge is 0.227 e. The van der Waals surface area contributed by atoms with Gasteiger partial charge in [-0.25, -0.2) is 0 Å². The van der Waals surface area contributed by atoms with Gasteiger partial charge < -0.3 is 10.1 Å². The molecule has 2 rings (SSSR count). The molecule has 0 bridgehead atoms. The van der Waals surface area contributed by atoms with Crippen LogP contribution in [0.4, 0.5) is 5.69 Å². The molecule has 0 atom stereocenters. The highest BCUT2D eigenvalue weighted by Gasteiger charge is 2.24. The van der Waals surface area contributed by atoms with Crippen molar-refractivity contribution in [2.24, 2.45) is 5.92 Å². The Bertz CT molecular complexity index is 462. The number of nitrogens with one attached hydrogen (secondary N) is 1. The average molecular weight is 289 g/mol. The van der Waals surface area contributed by atoms with Gasteiger partial charge in [-0.15, -0.1) is 0 Å². The van der Waals surface area contributed by atoms with Gasteiger partial charge in [0.1, 0.15) is 0 Å². The second kappa shape index (κ2) is 7.08. The van der Waals surface area contributed by atoms with Gasteiger partial charge in [-0.2, -0.15) is 0 Å². The Morgan fingerprint density at radius 1 is 1.10 bits per heavy atom. The average Bonchev–Trinajstić information content (AvgIpc) is 2.47. The van der Waals surface area contributed by atoms with Crippen molar-refractivity contribution in [3.8, 4) is 0 Å². The highest BCUT2D eigenvalue weighted by Crippen LogP contribution is 2.33. The number of rotatable bonds is 4. The van der Waals surface area contributed by atoms with Gasteiger partial charge in [-0.3, -0.25) is 4.79 Å². The van der Waals surface area contributed by atoms with Gasteiger partial charge in [0.25, 0.3) is 0 Å². The molecule has 1 amide bonds. The first kappa shape index (κ1) is 16.0. The summed E-state index contributed by atoms with van der Waals surface area (Å²) in [6.07, 6.45) is 1.65. The summed E-state index contributed by atoms with van der Waals surface area (Å²) in [7, 11) is 0. The predicted molar refractivity (Wildman–Crippen MR) is 86.8 cm³/mol. The Hall–Kier alpha value is -1.35. The molecule has 21 heavy (non-hydrogen) atoms. The molecule has 1 aliphatic heterocycles. The van der Waals surface area contributed by atoms with E-state index in [0.717, 1.165) is 18.5 Å². The highest BCUT2D eigenvalue weighted by atomic mass is 16.5. The van der Waals surface area contributed by atoms with Crippen LogP contribution < -0.4 is 5.32 Å². The van der Waals surface area contributed by atoms with Crippen molar-refractivity contribution in [1.82, 2.24) is 0 Å². The summed E-state index contributed by atoms with van der Waals surface area (Å²) in [4.78, 5) is 12.6. The summed E-state index contributed by atoms with van der Waals surface area (Å²) < 4.78 is 5.34. The topological polar surface area (TPSA) is 38.3 Å². The standard InChI is InChI=1S/C18H27NO2/c1-12(2)15-6-5-7-16(13(3)4)17(15)19-18(20)14-8-10-21-11-9-14/h5-7,12-14H,8-11H2,1-4H3,(H,19,20). The molecule has 0 aromatic heterocycles. The molecule has 1 heterocycles. The van der Waals surface area contributed by atoms with Crippen molar-refractivity contribution in [3.05, 3.63) is 29.3 Å². The molecule has 3 heteroatoms. The minimum absolute atomic E-state index is 0.0824. The van der Waals surface area contributed by atoms with Gasteiger partial charge >= 0.3 is 0 Å². The second-order valence-electron chi connectivity index (χ2n) is 6.50. The molecule has 1 aromatic carbocycles. The zero-order chi connectivity index (χ0) is 15.4. The number of hydrogen-bond donors (Lipinski definition) is 1. The zero-order valence-corrected chi connectivity index (χ0v) is 13.6. The lowest BCUT2D eigenvalue weighted by molar-refractivity contribution is -0.122. The maximum absolute atomic E-state index is 12.6. The lowest BCUT2D eigenvalue weighted by Gasteiger charge is -2.25. The van der Waals surface area contributed by atoms with E-state index in [1.807, 2.05) is 0 Å². The van der Waals surface area contributed by atoms with Gasteiger partial charge in [0.05, 0.1) is 0 Å². The number of hydrogen-bond acceptors (Lipinski definition) is 2. The summed E-state index contributed by atoms with van der Waals surface area (Å²) in [6, 6.07) is 6.33. The molecule has 1 aliphatic rings. The van der Waals surface area contributed by atoms with E-state index in [1.54, 1.807) is 0 Å². The zero-order valence-electron chi connectivity index (χ0n) is 13.6. The molecule has 1 aromatic rings. The van der Waals surface area contributed by atoms with Gasteiger partial charge in [-0.05, 0) is 35.8 Å². The molecule has 1 saturated heterocycles. The molecule has 0 saturated carbocycles. The van der Waals surface area contributed by atoms with Crippen molar-refractivity contribution in [2.75, 3.05) is 18.5 Å². The van der Waals surface area contributed by atoms with Crippen LogP contribution in [0.25, 0.3) is 0 Å². The van der Waals surface area contributed by atoms with E-state index >= 15 is 0 Å². The van der Waals surface area contributed by atoms with Crippen LogP contribution >= 0.6 is 0 Å². The van der Waals surface area contributed by atoms with E-state index in [-0.39, 0.29) is 11.8 Å². The fraction of sp³-hybridized carbons (Fsp3) is 0.611. The fourth-order valence-corrected chi connectivity index (χ4v) is 2.88. The third-order valence-electron chi connectivity index (χ3n) is 4.21. The molecular formula is C18H27NO2. The maximum atomic E-state index is 12.6. The third-order valence-corrected chi connectivity index (χ3v) is 4.21. The van der Waals surface area contributed by atoms with E-state index in [2.05, 4.69) is 51.2 Å². The summed E-state index contributed by atoms with van der Waals surface area (Å²) in [5, 5.41) is 3.22. The Morgan fingerprint density at radius 3 is 2.10 bits per heavy atom. The Kier molecular flexibility index (Phi) is 5.40. The largest absolute Gasteiger partial charge is 0.381 e. The molecule has 116 valence electrons. The van der Waals surface area contributed by atoms with E-state index in [4.69, 9.17) is 4.74 Å². The summed E-state index contributed by atoms with van der Waals surface area (Å²) in [5.74, 6) is 1.02. The van der Waals surface area contributed by atoms with Crippen LogP contribution in [0.15, 0.2) is 18.2 Å². The molecule has 0 spiro atoms. The lowest BCUT2D eigenvalue weighted by Crippen LogP contribution is -2.29. The van der Waals surface area contributed by atoms with Crippen LogP contribution in [0, 0.1) is 5.92 Å². The monoisotopic (exact) mass is 289 g/mol. The number of carbonyl (C=O) groups is 1. The minimum atomic E-state index is 0.0824. The van der Waals surface area contributed by atoms with Gasteiger partial charge in [-0.1, -0.05) is 45.9 Å². The Morgan fingerprint density at radius 2 is 1.62 bits per heavy atom. The van der Waals surface area contributed by atoms with E-state index in [1.165, 1.54) is 11.1 Å². The predicted octanol–water partition coefficient (Wildman–Crippen LogP) is 4.30. The number of anilines is 1.